The van der Waals surface area contributed by atoms with Crippen LogP contribution in [0.25, 0.3) is 0 Å². The summed E-state index contributed by atoms with van der Waals surface area (Å²) in [4.78, 5) is 11.3. The van der Waals surface area contributed by atoms with Gasteiger partial charge in [-0.15, -0.1) is 24.8 Å². The van der Waals surface area contributed by atoms with Crippen molar-refractivity contribution in [2.45, 2.75) is 19.3 Å². The van der Waals surface area contributed by atoms with Gasteiger partial charge in [-0.25, -0.2) is 0 Å². The van der Waals surface area contributed by atoms with E-state index in [0.29, 0.717) is 6.61 Å². The Labute approximate surface area is 90.4 Å². The highest BCUT2D eigenvalue weighted by molar-refractivity contribution is 5.85. The predicted octanol–water partition coefficient (Wildman–Crippen LogP) is 1.15. The molecule has 5 heteroatoms. The fraction of sp³-hybridized carbons (Fsp3) is 0.875. The van der Waals surface area contributed by atoms with Crippen LogP contribution in [0.15, 0.2) is 0 Å². The van der Waals surface area contributed by atoms with Crippen molar-refractivity contribution in [3.63, 3.8) is 0 Å². The van der Waals surface area contributed by atoms with Gasteiger partial charge < -0.3 is 10.1 Å². The molecule has 1 N–H and O–H groups in total. The van der Waals surface area contributed by atoms with E-state index in [2.05, 4.69) is 5.32 Å². The number of carbonyl (C=O) groups is 1. The second kappa shape index (κ2) is 5.03. The quantitative estimate of drug-likeness (QED) is 0.632. The van der Waals surface area contributed by atoms with E-state index < -0.39 is 0 Å². The molecule has 0 bridgehead atoms. The smallest absolute Gasteiger partial charge is 0.312 e. The van der Waals surface area contributed by atoms with E-state index in [-0.39, 0.29) is 36.2 Å². The van der Waals surface area contributed by atoms with Gasteiger partial charge in [0.1, 0.15) is 0 Å². The van der Waals surface area contributed by atoms with Crippen LogP contribution in [0.5, 0.6) is 0 Å². The van der Waals surface area contributed by atoms with Crippen LogP contribution in [-0.2, 0) is 9.53 Å². The maximum Gasteiger partial charge on any atom is 0.312 e. The lowest BCUT2D eigenvalue weighted by atomic mass is 9.78. The van der Waals surface area contributed by atoms with Crippen LogP contribution in [-0.4, -0.2) is 25.7 Å². The molecule has 0 aliphatic carbocycles. The summed E-state index contributed by atoms with van der Waals surface area (Å²) >= 11 is 0. The molecule has 13 heavy (non-hydrogen) atoms. The molecular weight excluding hydrogens is 213 g/mol. The number of esters is 1. The maximum atomic E-state index is 11.3. The zero-order chi connectivity index (χ0) is 7.73. The number of hydrogen-bond acceptors (Lipinski definition) is 3. The minimum atomic E-state index is -0.0920. The molecule has 2 saturated heterocycles. The van der Waals surface area contributed by atoms with Crippen molar-refractivity contribution in [1.29, 1.82) is 0 Å². The summed E-state index contributed by atoms with van der Waals surface area (Å²) in [5, 5.41) is 3.25. The molecular formula is C8H15Cl2NO2. The molecule has 0 amide bonds. The standard InChI is InChI=1S/C8H13NO2.2ClH/c10-7-8(3-6-11-7)1-4-9-5-2-8;;/h9H,1-6H2;2*1H. The Bertz CT molecular complexity index is 181. The highest BCUT2D eigenvalue weighted by Gasteiger charge is 2.44. The Balaban J connectivity index is 0.000000720. The molecule has 0 aromatic heterocycles. The molecule has 0 radical (unpaired) electrons. The Kier molecular flexibility index (Phi) is 5.04. The van der Waals surface area contributed by atoms with E-state index in [9.17, 15) is 4.79 Å². The Morgan fingerprint density at radius 2 is 1.77 bits per heavy atom. The van der Waals surface area contributed by atoms with Crippen molar-refractivity contribution < 1.29 is 9.53 Å². The van der Waals surface area contributed by atoms with E-state index >= 15 is 0 Å². The van der Waals surface area contributed by atoms with Crippen LogP contribution in [0.1, 0.15) is 19.3 Å². The summed E-state index contributed by atoms with van der Waals surface area (Å²) in [5.41, 5.74) is -0.0920. The summed E-state index contributed by atoms with van der Waals surface area (Å²) in [6.45, 7) is 2.57. The van der Waals surface area contributed by atoms with Gasteiger partial charge in [0, 0.05) is 0 Å². The van der Waals surface area contributed by atoms with Crippen LogP contribution in [0.2, 0.25) is 0 Å². The molecule has 2 aliphatic heterocycles. The van der Waals surface area contributed by atoms with E-state index in [1.54, 1.807) is 0 Å². The molecule has 0 aromatic carbocycles. The van der Waals surface area contributed by atoms with E-state index in [1.165, 1.54) is 0 Å². The second-order valence-corrected chi connectivity index (χ2v) is 3.42. The number of rotatable bonds is 0. The molecule has 0 unspecified atom stereocenters. The first-order valence-corrected chi connectivity index (χ1v) is 4.21. The van der Waals surface area contributed by atoms with Crippen molar-refractivity contribution in [1.82, 2.24) is 5.32 Å². The van der Waals surface area contributed by atoms with E-state index in [0.717, 1.165) is 32.4 Å². The minimum Gasteiger partial charge on any atom is -0.465 e. The molecule has 3 nitrogen and oxygen atoms in total. The van der Waals surface area contributed by atoms with Crippen molar-refractivity contribution >= 4 is 30.8 Å². The summed E-state index contributed by atoms with van der Waals surface area (Å²) in [6.07, 6.45) is 2.87. The third-order valence-corrected chi connectivity index (χ3v) is 2.81. The predicted molar refractivity (Wildman–Crippen MR) is 54.6 cm³/mol. The highest BCUT2D eigenvalue weighted by atomic mass is 35.5. The fourth-order valence-electron chi connectivity index (χ4n) is 1.95. The molecule has 1 spiro atoms. The average molecular weight is 228 g/mol. The molecule has 0 aromatic rings. The third-order valence-electron chi connectivity index (χ3n) is 2.81. The largest absolute Gasteiger partial charge is 0.465 e. The third kappa shape index (κ3) is 2.27. The lowest BCUT2D eigenvalue weighted by Gasteiger charge is -2.29. The van der Waals surface area contributed by atoms with Crippen LogP contribution in [0.4, 0.5) is 0 Å². The second-order valence-electron chi connectivity index (χ2n) is 3.42. The topological polar surface area (TPSA) is 38.3 Å². The zero-order valence-corrected chi connectivity index (χ0v) is 9.01. The molecule has 0 atom stereocenters. The van der Waals surface area contributed by atoms with Crippen LogP contribution >= 0.6 is 24.8 Å². The Hall–Kier alpha value is 0.01000. The number of carbonyl (C=O) groups excluding carboxylic acids is 1. The van der Waals surface area contributed by atoms with Gasteiger partial charge in [0.15, 0.2) is 0 Å². The highest BCUT2D eigenvalue weighted by Crippen LogP contribution is 2.38. The minimum absolute atomic E-state index is 0. The van der Waals surface area contributed by atoms with E-state index in [4.69, 9.17) is 4.74 Å². The molecule has 2 aliphatic rings. The summed E-state index contributed by atoms with van der Waals surface area (Å²) in [6, 6.07) is 0. The summed E-state index contributed by atoms with van der Waals surface area (Å²) < 4.78 is 4.98. The number of ether oxygens (including phenoxy) is 1. The number of hydrogen-bond donors (Lipinski definition) is 1. The Morgan fingerprint density at radius 3 is 2.23 bits per heavy atom. The van der Waals surface area contributed by atoms with Gasteiger partial charge in [-0.3, -0.25) is 4.79 Å². The normalized spacial score (nSPS) is 24.5. The molecule has 78 valence electrons. The van der Waals surface area contributed by atoms with Crippen molar-refractivity contribution in [2.24, 2.45) is 5.41 Å². The van der Waals surface area contributed by atoms with Gasteiger partial charge in [-0.05, 0) is 32.4 Å². The van der Waals surface area contributed by atoms with Gasteiger partial charge in [0.2, 0.25) is 0 Å². The Morgan fingerprint density at radius 1 is 1.15 bits per heavy atom. The average Bonchev–Trinajstić information content (AvgIpc) is 2.36. The summed E-state index contributed by atoms with van der Waals surface area (Å²) in [7, 11) is 0. The van der Waals surface area contributed by atoms with Crippen LogP contribution in [0.3, 0.4) is 0 Å². The molecule has 0 saturated carbocycles. The van der Waals surface area contributed by atoms with Gasteiger partial charge in [-0.2, -0.15) is 0 Å². The number of nitrogens with one attached hydrogen (secondary N) is 1. The monoisotopic (exact) mass is 227 g/mol. The lowest BCUT2D eigenvalue weighted by Crippen LogP contribution is -2.39. The van der Waals surface area contributed by atoms with Crippen molar-refractivity contribution in [3.05, 3.63) is 0 Å². The van der Waals surface area contributed by atoms with Gasteiger partial charge >= 0.3 is 5.97 Å². The number of halogens is 2. The van der Waals surface area contributed by atoms with Gasteiger partial charge in [-0.1, -0.05) is 0 Å². The number of piperidine rings is 1. The first kappa shape index (κ1) is 13.0. The van der Waals surface area contributed by atoms with E-state index in [1.807, 2.05) is 0 Å². The van der Waals surface area contributed by atoms with Crippen molar-refractivity contribution in [3.8, 4) is 0 Å². The fourth-order valence-corrected chi connectivity index (χ4v) is 1.95. The van der Waals surface area contributed by atoms with Gasteiger partial charge in [0.25, 0.3) is 0 Å². The zero-order valence-electron chi connectivity index (χ0n) is 7.38. The first-order valence-electron chi connectivity index (χ1n) is 4.21. The number of cyclic esters (lactones) is 1. The lowest BCUT2D eigenvalue weighted by molar-refractivity contribution is -0.147. The first-order chi connectivity index (χ1) is 5.33. The van der Waals surface area contributed by atoms with Crippen LogP contribution in [0, 0.1) is 5.41 Å². The summed E-state index contributed by atoms with van der Waals surface area (Å²) in [5.74, 6) is 0.0407. The van der Waals surface area contributed by atoms with Crippen molar-refractivity contribution in [2.75, 3.05) is 19.7 Å². The molecule has 2 fully saturated rings. The van der Waals surface area contributed by atoms with Crippen LogP contribution < -0.4 is 5.32 Å². The SMILES string of the molecule is Cl.Cl.O=C1OCCC12CCNCC2. The molecule has 2 rings (SSSR count). The van der Waals surface area contributed by atoms with Gasteiger partial charge in [0.05, 0.1) is 12.0 Å². The maximum absolute atomic E-state index is 11.3. The molecule has 2 heterocycles.